The minimum absolute atomic E-state index is 0.142. The molecule has 0 radical (unpaired) electrons. The van der Waals surface area contributed by atoms with Crippen LogP contribution in [0.1, 0.15) is 213 Å². The lowest BCUT2D eigenvalue weighted by Gasteiger charge is -2.26. The highest BCUT2D eigenvalue weighted by molar-refractivity contribution is 5.76. The van der Waals surface area contributed by atoms with E-state index in [0.29, 0.717) is 12.8 Å². The van der Waals surface area contributed by atoms with Gasteiger partial charge >= 0.3 is 0 Å². The van der Waals surface area contributed by atoms with Crippen molar-refractivity contribution in [1.82, 2.24) is 5.32 Å². The van der Waals surface area contributed by atoms with Crippen LogP contribution in [0.2, 0.25) is 0 Å². The van der Waals surface area contributed by atoms with Crippen molar-refractivity contribution in [2.24, 2.45) is 0 Å². The Hall–Kier alpha value is -0.650. The Kier molecular flexibility index (Phi) is 33.7. The summed E-state index contributed by atoms with van der Waals surface area (Å²) in [6.45, 7) is 4.17. The Morgan fingerprint density at radius 2 is 0.791 bits per heavy atom. The van der Waals surface area contributed by atoms with Gasteiger partial charge in [0.05, 0.1) is 18.8 Å². The van der Waals surface area contributed by atoms with Gasteiger partial charge in [-0.3, -0.25) is 4.79 Å². The van der Waals surface area contributed by atoms with Crippen LogP contribution in [0.15, 0.2) is 0 Å². The SMILES string of the molecule is CCCCCCCCCCCCCCCCCCCC(=O)N[C@H](CO)[C@H](O)C(O)CCCCCCCCCCCCCC. The second-order valence-electron chi connectivity index (χ2n) is 13.5. The van der Waals surface area contributed by atoms with Gasteiger partial charge in [0.15, 0.2) is 0 Å². The highest BCUT2D eigenvalue weighted by Crippen LogP contribution is 2.16. The molecule has 0 aromatic heterocycles. The van der Waals surface area contributed by atoms with Gasteiger partial charge in [0.25, 0.3) is 0 Å². The van der Waals surface area contributed by atoms with Crippen molar-refractivity contribution >= 4 is 5.91 Å². The molecule has 1 amide bonds. The molecule has 0 bridgehead atoms. The average Bonchev–Trinajstić information content (AvgIpc) is 3.01. The lowest BCUT2D eigenvalue weighted by Crippen LogP contribution is -2.50. The standard InChI is InChI=1S/C38H77NO4/c1-3-5-7-9-11-13-15-17-18-19-20-21-23-25-27-29-31-33-37(42)39-35(34-40)38(43)36(41)32-30-28-26-24-22-16-14-12-10-8-6-4-2/h35-36,38,40-41,43H,3-34H2,1-2H3,(H,39,42)/t35-,36?,38+/m1/s1. The Labute approximate surface area is 268 Å². The highest BCUT2D eigenvalue weighted by atomic mass is 16.3. The van der Waals surface area contributed by atoms with Crippen LogP contribution in [-0.2, 0) is 4.79 Å². The summed E-state index contributed by atoms with van der Waals surface area (Å²) in [6, 6.07) is -0.800. The lowest BCUT2D eigenvalue weighted by molar-refractivity contribution is -0.124. The van der Waals surface area contributed by atoms with Crippen LogP contribution in [0.25, 0.3) is 0 Å². The quantitative estimate of drug-likeness (QED) is 0.0537. The Bertz CT molecular complexity index is 558. The summed E-state index contributed by atoms with van der Waals surface area (Å²) in [5.41, 5.74) is 0. The van der Waals surface area contributed by atoms with Gasteiger partial charge in [-0.15, -0.1) is 0 Å². The largest absolute Gasteiger partial charge is 0.394 e. The molecule has 258 valence electrons. The lowest BCUT2D eigenvalue weighted by atomic mass is 9.99. The maximum atomic E-state index is 12.4. The molecular formula is C38H77NO4. The topological polar surface area (TPSA) is 89.8 Å². The summed E-state index contributed by atoms with van der Waals surface area (Å²) >= 11 is 0. The molecular weight excluding hydrogens is 534 g/mol. The summed E-state index contributed by atoms with van der Waals surface area (Å²) in [6.07, 6.45) is 36.2. The predicted octanol–water partition coefficient (Wildman–Crippen LogP) is 10.3. The number of nitrogens with one attached hydrogen (secondary N) is 1. The summed E-state index contributed by atoms with van der Waals surface area (Å²) in [4.78, 5) is 12.4. The van der Waals surface area contributed by atoms with E-state index in [1.807, 2.05) is 0 Å². The second kappa shape index (κ2) is 34.2. The zero-order chi connectivity index (χ0) is 31.6. The molecule has 0 rings (SSSR count). The van der Waals surface area contributed by atoms with Crippen molar-refractivity contribution in [3.05, 3.63) is 0 Å². The third kappa shape index (κ3) is 29.8. The second-order valence-corrected chi connectivity index (χ2v) is 13.5. The van der Waals surface area contributed by atoms with Crippen LogP contribution in [0.3, 0.4) is 0 Å². The van der Waals surface area contributed by atoms with Crippen molar-refractivity contribution < 1.29 is 20.1 Å². The Morgan fingerprint density at radius 1 is 0.488 bits per heavy atom. The van der Waals surface area contributed by atoms with Gasteiger partial charge in [0, 0.05) is 6.42 Å². The number of hydrogen-bond acceptors (Lipinski definition) is 4. The molecule has 5 heteroatoms. The molecule has 4 N–H and O–H groups in total. The molecule has 0 aliphatic carbocycles. The first-order valence-electron chi connectivity index (χ1n) is 19.3. The molecule has 0 heterocycles. The molecule has 0 fully saturated rings. The van der Waals surface area contributed by atoms with Gasteiger partial charge < -0.3 is 20.6 Å². The van der Waals surface area contributed by atoms with Gasteiger partial charge in [-0.05, 0) is 12.8 Å². The number of hydrogen-bond donors (Lipinski definition) is 4. The van der Waals surface area contributed by atoms with Gasteiger partial charge in [0.2, 0.25) is 5.91 Å². The number of aliphatic hydroxyl groups excluding tert-OH is 3. The van der Waals surface area contributed by atoms with E-state index in [-0.39, 0.29) is 12.5 Å². The van der Waals surface area contributed by atoms with E-state index in [1.54, 1.807) is 0 Å². The van der Waals surface area contributed by atoms with E-state index < -0.39 is 18.2 Å². The highest BCUT2D eigenvalue weighted by Gasteiger charge is 2.26. The molecule has 0 aromatic rings. The van der Waals surface area contributed by atoms with Crippen molar-refractivity contribution in [3.8, 4) is 0 Å². The summed E-state index contributed by atoms with van der Waals surface area (Å²) < 4.78 is 0. The third-order valence-electron chi connectivity index (χ3n) is 9.21. The van der Waals surface area contributed by atoms with Gasteiger partial charge in [-0.1, -0.05) is 194 Å². The van der Waals surface area contributed by atoms with E-state index in [9.17, 15) is 20.1 Å². The zero-order valence-corrected chi connectivity index (χ0v) is 29.1. The molecule has 0 aromatic carbocycles. The molecule has 0 saturated heterocycles. The first kappa shape index (κ1) is 42.3. The molecule has 0 saturated carbocycles. The Balaban J connectivity index is 3.62. The molecule has 0 aliphatic heterocycles. The van der Waals surface area contributed by atoms with E-state index in [1.165, 1.54) is 148 Å². The van der Waals surface area contributed by atoms with Crippen molar-refractivity contribution in [1.29, 1.82) is 0 Å². The van der Waals surface area contributed by atoms with Crippen molar-refractivity contribution in [3.63, 3.8) is 0 Å². The number of unbranched alkanes of at least 4 members (excludes halogenated alkanes) is 27. The predicted molar refractivity (Wildman–Crippen MR) is 186 cm³/mol. The van der Waals surface area contributed by atoms with E-state index >= 15 is 0 Å². The normalized spacial score (nSPS) is 13.7. The minimum Gasteiger partial charge on any atom is -0.394 e. The molecule has 0 aliphatic rings. The van der Waals surface area contributed by atoms with E-state index in [0.717, 1.165) is 38.5 Å². The number of carbonyl (C=O) groups is 1. The van der Waals surface area contributed by atoms with Crippen LogP contribution < -0.4 is 5.32 Å². The zero-order valence-electron chi connectivity index (χ0n) is 29.1. The molecule has 5 nitrogen and oxygen atoms in total. The van der Waals surface area contributed by atoms with Gasteiger partial charge in [0.1, 0.15) is 6.10 Å². The van der Waals surface area contributed by atoms with Crippen molar-refractivity contribution in [2.75, 3.05) is 6.61 Å². The van der Waals surface area contributed by atoms with Crippen molar-refractivity contribution in [2.45, 2.75) is 231 Å². The molecule has 1 unspecified atom stereocenters. The maximum Gasteiger partial charge on any atom is 0.220 e. The molecule has 0 spiro atoms. The monoisotopic (exact) mass is 612 g/mol. The number of aliphatic hydroxyl groups is 3. The fraction of sp³-hybridized carbons (Fsp3) is 0.974. The Morgan fingerprint density at radius 3 is 1.12 bits per heavy atom. The average molecular weight is 612 g/mol. The molecule has 43 heavy (non-hydrogen) atoms. The summed E-state index contributed by atoms with van der Waals surface area (Å²) in [5.74, 6) is -0.142. The minimum atomic E-state index is -1.13. The van der Waals surface area contributed by atoms with Crippen LogP contribution in [0.5, 0.6) is 0 Å². The smallest absolute Gasteiger partial charge is 0.220 e. The van der Waals surface area contributed by atoms with Gasteiger partial charge in [-0.2, -0.15) is 0 Å². The van der Waals surface area contributed by atoms with Crippen LogP contribution in [0.4, 0.5) is 0 Å². The fourth-order valence-electron chi connectivity index (χ4n) is 6.16. The van der Waals surface area contributed by atoms with E-state index in [2.05, 4.69) is 19.2 Å². The first-order valence-corrected chi connectivity index (χ1v) is 19.3. The maximum absolute atomic E-state index is 12.4. The number of amides is 1. The number of carbonyl (C=O) groups excluding carboxylic acids is 1. The van der Waals surface area contributed by atoms with Crippen LogP contribution >= 0.6 is 0 Å². The first-order chi connectivity index (χ1) is 21.1. The summed E-state index contributed by atoms with van der Waals surface area (Å²) in [5, 5.41) is 33.4. The molecule has 3 atom stereocenters. The third-order valence-corrected chi connectivity index (χ3v) is 9.21. The van der Waals surface area contributed by atoms with E-state index in [4.69, 9.17) is 0 Å². The summed E-state index contributed by atoms with van der Waals surface area (Å²) in [7, 11) is 0. The van der Waals surface area contributed by atoms with Crippen LogP contribution in [0, 0.1) is 0 Å². The number of rotatable bonds is 35. The van der Waals surface area contributed by atoms with Crippen LogP contribution in [-0.4, -0.2) is 46.1 Å². The van der Waals surface area contributed by atoms with Gasteiger partial charge in [-0.25, -0.2) is 0 Å². The fourth-order valence-corrected chi connectivity index (χ4v) is 6.16.